The Morgan fingerprint density at radius 3 is 2.50 bits per heavy atom. The van der Waals surface area contributed by atoms with Crippen molar-refractivity contribution >= 4 is 34.3 Å². The van der Waals surface area contributed by atoms with Gasteiger partial charge in [-0.15, -0.1) is 11.8 Å². The van der Waals surface area contributed by atoms with E-state index in [2.05, 4.69) is 5.32 Å². The zero-order valence-electron chi connectivity index (χ0n) is 15.4. The molecule has 0 spiro atoms. The summed E-state index contributed by atoms with van der Waals surface area (Å²) in [5.74, 6) is 0.149. The molecule has 1 atom stereocenters. The Morgan fingerprint density at radius 1 is 1.38 bits per heavy atom. The predicted molar refractivity (Wildman–Crippen MR) is 104 cm³/mol. The van der Waals surface area contributed by atoms with Gasteiger partial charge in [0.1, 0.15) is 11.3 Å². The maximum Gasteiger partial charge on any atom is 0.256 e. The number of allylic oxidation sites excluding steroid dienone is 1. The van der Waals surface area contributed by atoms with Crippen LogP contribution in [0.5, 0.6) is 5.75 Å². The molecule has 6 nitrogen and oxygen atoms in total. The molecule has 1 aliphatic carbocycles. The lowest BCUT2D eigenvalue weighted by atomic mass is 9.98. The molecule has 0 heterocycles. The first-order valence-electron chi connectivity index (χ1n) is 8.30. The summed E-state index contributed by atoms with van der Waals surface area (Å²) >= 11 is 1.45. The molecule has 3 N–H and O–H groups in total. The lowest BCUT2D eigenvalue weighted by Gasteiger charge is -2.17. The molecule has 1 aliphatic rings. The number of benzene rings is 1. The van der Waals surface area contributed by atoms with E-state index >= 15 is 0 Å². The monoisotopic (exact) mass is 396 g/mol. The van der Waals surface area contributed by atoms with E-state index in [0.29, 0.717) is 21.2 Å². The molecule has 0 saturated heterocycles. The highest BCUT2D eigenvalue weighted by molar-refractivity contribution is 8.00. The summed E-state index contributed by atoms with van der Waals surface area (Å²) in [6.07, 6.45) is 3.33. The smallest absolute Gasteiger partial charge is 0.256 e. The molecular formula is C18H24N2O4S2. The number of nitrogens with one attached hydrogen (secondary N) is 1. The molecule has 0 aromatic heterocycles. The average Bonchev–Trinajstić information content (AvgIpc) is 3.46. The number of likely N-dealkylation sites (N-methyl/N-ethyl adjacent to an activating group) is 1. The SMILES string of the molecule is CCSc1c(S(C)=O)ccc(C(=O)C(C(=O)NC)=C(N)C2CC2)c1OC. The van der Waals surface area contributed by atoms with E-state index < -0.39 is 22.5 Å². The maximum absolute atomic E-state index is 13.2. The third kappa shape index (κ3) is 4.12. The van der Waals surface area contributed by atoms with E-state index in [1.165, 1.54) is 25.9 Å². The summed E-state index contributed by atoms with van der Waals surface area (Å²) in [5, 5.41) is 2.49. The van der Waals surface area contributed by atoms with Gasteiger partial charge < -0.3 is 15.8 Å². The van der Waals surface area contributed by atoms with Crippen molar-refractivity contribution in [1.29, 1.82) is 0 Å². The van der Waals surface area contributed by atoms with Crippen LogP contribution in [0.25, 0.3) is 0 Å². The number of ether oxygens (including phenoxy) is 1. The van der Waals surface area contributed by atoms with E-state index in [0.717, 1.165) is 18.6 Å². The quantitative estimate of drug-likeness (QED) is 0.230. The van der Waals surface area contributed by atoms with Gasteiger partial charge in [-0.1, -0.05) is 6.92 Å². The Labute approximate surface area is 160 Å². The van der Waals surface area contributed by atoms with Crippen LogP contribution >= 0.6 is 11.8 Å². The lowest BCUT2D eigenvalue weighted by Crippen LogP contribution is -2.29. The number of rotatable bonds is 8. The second-order valence-electron chi connectivity index (χ2n) is 5.87. The third-order valence-corrected chi connectivity index (χ3v) is 6.18. The fourth-order valence-electron chi connectivity index (χ4n) is 2.66. The molecule has 0 aliphatic heterocycles. The Bertz CT molecular complexity index is 786. The zero-order valence-corrected chi connectivity index (χ0v) is 17.0. The number of nitrogens with two attached hydrogens (primary N) is 1. The minimum Gasteiger partial charge on any atom is -0.495 e. The fourth-order valence-corrected chi connectivity index (χ4v) is 4.62. The molecule has 142 valence electrons. The van der Waals surface area contributed by atoms with Crippen LogP contribution in [0.1, 0.15) is 30.1 Å². The van der Waals surface area contributed by atoms with Crippen molar-refractivity contribution < 1.29 is 18.5 Å². The normalized spacial score (nSPS) is 15.8. The molecule has 1 amide bonds. The van der Waals surface area contributed by atoms with Crippen LogP contribution in [0.15, 0.2) is 33.2 Å². The topological polar surface area (TPSA) is 98.5 Å². The molecule has 1 aromatic rings. The molecule has 26 heavy (non-hydrogen) atoms. The van der Waals surface area contributed by atoms with Crippen molar-refractivity contribution in [2.45, 2.75) is 29.6 Å². The van der Waals surface area contributed by atoms with Crippen LogP contribution in [0, 0.1) is 5.92 Å². The van der Waals surface area contributed by atoms with E-state index in [1.54, 1.807) is 18.4 Å². The molecule has 8 heteroatoms. The fraction of sp³-hybridized carbons (Fsp3) is 0.444. The van der Waals surface area contributed by atoms with Gasteiger partial charge in [-0.05, 0) is 36.6 Å². The molecule has 1 saturated carbocycles. The van der Waals surface area contributed by atoms with Gasteiger partial charge in [0.2, 0.25) is 5.78 Å². The van der Waals surface area contributed by atoms with E-state index in [1.807, 2.05) is 6.92 Å². The highest BCUT2D eigenvalue weighted by Gasteiger charge is 2.33. The standard InChI is InChI=1S/C18H24N2O4S2/c1-5-25-17-12(26(4)23)9-8-11(16(17)24-3)15(21)13(18(22)20-2)14(19)10-6-7-10/h8-10H,5-7,19H2,1-4H3,(H,20,22). The van der Waals surface area contributed by atoms with Crippen LogP contribution < -0.4 is 15.8 Å². The van der Waals surface area contributed by atoms with Crippen molar-refractivity contribution in [3.63, 3.8) is 0 Å². The Hall–Kier alpha value is -1.80. The van der Waals surface area contributed by atoms with Gasteiger partial charge in [-0.2, -0.15) is 0 Å². The van der Waals surface area contributed by atoms with Crippen molar-refractivity contribution in [3.8, 4) is 5.75 Å². The number of ketones is 1. The summed E-state index contributed by atoms with van der Waals surface area (Å²) in [6.45, 7) is 1.96. The van der Waals surface area contributed by atoms with Gasteiger partial charge in [0.05, 0.1) is 33.3 Å². The van der Waals surface area contributed by atoms with Gasteiger partial charge in [0, 0.05) is 19.0 Å². The number of hydrogen-bond acceptors (Lipinski definition) is 6. The van der Waals surface area contributed by atoms with Gasteiger partial charge in [-0.3, -0.25) is 13.8 Å². The number of amides is 1. The maximum atomic E-state index is 13.2. The number of Topliss-reactive ketones (excluding diaryl/α,β-unsaturated/α-hetero) is 1. The molecule has 1 fully saturated rings. The molecule has 2 rings (SSSR count). The van der Waals surface area contributed by atoms with E-state index in [-0.39, 0.29) is 17.1 Å². The number of carbonyl (C=O) groups is 2. The second kappa shape index (κ2) is 8.73. The van der Waals surface area contributed by atoms with Crippen LogP contribution in [0.3, 0.4) is 0 Å². The Morgan fingerprint density at radius 2 is 2.04 bits per heavy atom. The largest absolute Gasteiger partial charge is 0.495 e. The Balaban J connectivity index is 2.64. The first kappa shape index (κ1) is 20.5. The molecule has 0 radical (unpaired) electrons. The van der Waals surface area contributed by atoms with E-state index in [9.17, 15) is 13.8 Å². The van der Waals surface area contributed by atoms with Crippen molar-refractivity contribution in [2.24, 2.45) is 11.7 Å². The highest BCUT2D eigenvalue weighted by atomic mass is 32.2. The summed E-state index contributed by atoms with van der Waals surface area (Å²) in [5.41, 5.74) is 6.64. The summed E-state index contributed by atoms with van der Waals surface area (Å²) in [6, 6.07) is 3.21. The third-order valence-electron chi connectivity index (χ3n) is 4.11. The number of carbonyl (C=O) groups excluding carboxylic acids is 2. The summed E-state index contributed by atoms with van der Waals surface area (Å²) in [7, 11) is 1.70. The molecular weight excluding hydrogens is 372 g/mol. The predicted octanol–water partition coefficient (Wildman–Crippen LogP) is 2.10. The minimum atomic E-state index is -1.23. The summed E-state index contributed by atoms with van der Waals surface area (Å²) in [4.78, 5) is 26.8. The molecule has 1 unspecified atom stereocenters. The second-order valence-corrected chi connectivity index (χ2v) is 8.50. The number of thioether (sulfide) groups is 1. The van der Waals surface area contributed by atoms with Gasteiger partial charge in [0.25, 0.3) is 5.91 Å². The number of methoxy groups -OCH3 is 1. The lowest BCUT2D eigenvalue weighted by molar-refractivity contribution is -0.116. The number of hydrogen-bond donors (Lipinski definition) is 2. The van der Waals surface area contributed by atoms with Crippen molar-refractivity contribution in [3.05, 3.63) is 29.0 Å². The highest BCUT2D eigenvalue weighted by Crippen LogP contribution is 2.40. The van der Waals surface area contributed by atoms with Crippen LogP contribution in [0.4, 0.5) is 0 Å². The van der Waals surface area contributed by atoms with Gasteiger partial charge in [0.15, 0.2) is 0 Å². The zero-order chi connectivity index (χ0) is 19.4. The average molecular weight is 397 g/mol. The molecule has 0 bridgehead atoms. The Kier molecular flexibility index (Phi) is 6.88. The van der Waals surface area contributed by atoms with Gasteiger partial charge >= 0.3 is 0 Å². The first-order chi connectivity index (χ1) is 12.4. The molecule has 1 aromatic carbocycles. The van der Waals surface area contributed by atoms with Crippen molar-refractivity contribution in [2.75, 3.05) is 26.2 Å². The van der Waals surface area contributed by atoms with Crippen LogP contribution in [-0.4, -0.2) is 42.1 Å². The minimum absolute atomic E-state index is 0.0360. The van der Waals surface area contributed by atoms with Gasteiger partial charge in [-0.25, -0.2) is 0 Å². The van der Waals surface area contributed by atoms with Crippen LogP contribution in [0.2, 0.25) is 0 Å². The van der Waals surface area contributed by atoms with E-state index in [4.69, 9.17) is 10.5 Å². The van der Waals surface area contributed by atoms with Crippen LogP contribution in [-0.2, 0) is 15.6 Å². The van der Waals surface area contributed by atoms with Crippen molar-refractivity contribution in [1.82, 2.24) is 5.32 Å². The first-order valence-corrected chi connectivity index (χ1v) is 10.8. The summed E-state index contributed by atoms with van der Waals surface area (Å²) < 4.78 is 17.5.